The lowest BCUT2D eigenvalue weighted by atomic mass is 10.2. The van der Waals surface area contributed by atoms with Crippen LogP contribution in [0.5, 0.6) is 0 Å². The molecule has 20 heavy (non-hydrogen) atoms. The quantitative estimate of drug-likeness (QED) is 0.916. The monoisotopic (exact) mass is 291 g/mol. The van der Waals surface area contributed by atoms with Crippen LogP contribution in [0.3, 0.4) is 0 Å². The zero-order valence-corrected chi connectivity index (χ0v) is 13.2. The molecule has 0 saturated carbocycles. The summed E-state index contributed by atoms with van der Waals surface area (Å²) >= 11 is 1.68. The minimum atomic E-state index is 0.0130. The van der Waals surface area contributed by atoms with Crippen molar-refractivity contribution in [3.05, 3.63) is 24.4 Å². The highest BCUT2D eigenvalue weighted by Gasteiger charge is 2.12. The van der Waals surface area contributed by atoms with Crippen molar-refractivity contribution in [1.82, 2.24) is 9.78 Å². The Morgan fingerprint density at radius 1 is 1.40 bits per heavy atom. The number of carbonyl (C=O) groups is 1. The summed E-state index contributed by atoms with van der Waals surface area (Å²) in [5.41, 5.74) is 1.78. The highest BCUT2D eigenvalue weighted by Crippen LogP contribution is 2.20. The molecule has 0 unspecified atom stereocenters. The lowest BCUT2D eigenvalue weighted by Crippen LogP contribution is -2.21. The smallest absolute Gasteiger partial charge is 0.228 e. The molecule has 1 atom stereocenters. The zero-order valence-electron chi connectivity index (χ0n) is 12.4. The predicted molar refractivity (Wildman–Crippen MR) is 86.3 cm³/mol. The highest BCUT2D eigenvalue weighted by atomic mass is 32.2. The number of amides is 1. The van der Waals surface area contributed by atoms with Gasteiger partial charge in [-0.2, -0.15) is 16.9 Å². The third-order valence-corrected chi connectivity index (χ3v) is 4.02. The van der Waals surface area contributed by atoms with Crippen LogP contribution in [0.25, 0.3) is 10.9 Å². The first kappa shape index (κ1) is 14.9. The Kier molecular flexibility index (Phi) is 4.70. The summed E-state index contributed by atoms with van der Waals surface area (Å²) in [6, 6.07) is 6.17. The van der Waals surface area contributed by atoms with Gasteiger partial charge in [0.1, 0.15) is 0 Å². The summed E-state index contributed by atoms with van der Waals surface area (Å²) in [4.78, 5) is 12.0. The molecule has 0 aliphatic carbocycles. The summed E-state index contributed by atoms with van der Waals surface area (Å²) in [5, 5.41) is 8.52. The number of benzene rings is 1. The fourth-order valence-electron chi connectivity index (χ4n) is 1.98. The van der Waals surface area contributed by atoms with E-state index in [4.69, 9.17) is 0 Å². The molecule has 0 aliphatic heterocycles. The largest absolute Gasteiger partial charge is 0.326 e. The number of rotatable bonds is 5. The second-order valence-electron chi connectivity index (χ2n) is 5.32. The first-order valence-electron chi connectivity index (χ1n) is 6.80. The summed E-state index contributed by atoms with van der Waals surface area (Å²) in [6.45, 7) is 6.14. The van der Waals surface area contributed by atoms with E-state index < -0.39 is 0 Å². The van der Waals surface area contributed by atoms with Crippen LogP contribution in [0, 0.1) is 5.92 Å². The van der Waals surface area contributed by atoms with Gasteiger partial charge in [-0.1, -0.05) is 6.92 Å². The molecule has 2 rings (SSSR count). The number of carbonyl (C=O) groups excluding carboxylic acids is 1. The van der Waals surface area contributed by atoms with Gasteiger partial charge in [-0.3, -0.25) is 9.48 Å². The van der Waals surface area contributed by atoms with Crippen molar-refractivity contribution in [2.24, 2.45) is 5.92 Å². The van der Waals surface area contributed by atoms with Crippen molar-refractivity contribution in [2.75, 3.05) is 17.3 Å². The van der Waals surface area contributed by atoms with Crippen LogP contribution in [0.15, 0.2) is 24.4 Å². The van der Waals surface area contributed by atoms with Gasteiger partial charge in [-0.05, 0) is 38.3 Å². The van der Waals surface area contributed by atoms with Crippen LogP contribution in [0.4, 0.5) is 5.69 Å². The fourth-order valence-corrected chi connectivity index (χ4v) is 2.63. The van der Waals surface area contributed by atoms with E-state index in [0.717, 1.165) is 22.3 Å². The predicted octanol–water partition coefficient (Wildman–Crippen LogP) is 3.55. The molecule has 2 aromatic rings. The Balaban J connectivity index is 2.17. The Bertz CT molecular complexity index is 606. The molecule has 1 N–H and O–H groups in total. The average Bonchev–Trinajstić information content (AvgIpc) is 2.82. The molecular weight excluding hydrogens is 270 g/mol. The van der Waals surface area contributed by atoms with E-state index in [-0.39, 0.29) is 11.8 Å². The third kappa shape index (κ3) is 3.33. The topological polar surface area (TPSA) is 46.9 Å². The van der Waals surface area contributed by atoms with Gasteiger partial charge >= 0.3 is 0 Å². The number of aromatic nitrogens is 2. The lowest BCUT2D eigenvalue weighted by Gasteiger charge is -2.10. The Hall–Kier alpha value is -1.49. The van der Waals surface area contributed by atoms with Gasteiger partial charge in [0.25, 0.3) is 0 Å². The van der Waals surface area contributed by atoms with Gasteiger partial charge in [0, 0.05) is 35.0 Å². The van der Waals surface area contributed by atoms with E-state index in [0.29, 0.717) is 6.04 Å². The summed E-state index contributed by atoms with van der Waals surface area (Å²) in [7, 11) is 0. The molecule has 1 aromatic heterocycles. The molecule has 0 spiro atoms. The molecule has 0 fully saturated rings. The van der Waals surface area contributed by atoms with Gasteiger partial charge in [-0.25, -0.2) is 0 Å². The van der Waals surface area contributed by atoms with Crippen LogP contribution in [0.1, 0.15) is 26.8 Å². The van der Waals surface area contributed by atoms with Crippen LogP contribution in [0.2, 0.25) is 0 Å². The van der Waals surface area contributed by atoms with Crippen molar-refractivity contribution in [3.63, 3.8) is 0 Å². The van der Waals surface area contributed by atoms with Crippen LogP contribution >= 0.6 is 11.8 Å². The third-order valence-electron chi connectivity index (χ3n) is 3.18. The van der Waals surface area contributed by atoms with Gasteiger partial charge in [-0.15, -0.1) is 0 Å². The van der Waals surface area contributed by atoms with Crippen LogP contribution in [-0.2, 0) is 4.79 Å². The van der Waals surface area contributed by atoms with E-state index >= 15 is 0 Å². The molecule has 4 nitrogen and oxygen atoms in total. The number of nitrogens with one attached hydrogen (secondary N) is 1. The number of nitrogens with zero attached hydrogens (tertiary/aromatic N) is 2. The minimum absolute atomic E-state index is 0.0130. The van der Waals surface area contributed by atoms with Gasteiger partial charge < -0.3 is 5.32 Å². The zero-order chi connectivity index (χ0) is 14.7. The van der Waals surface area contributed by atoms with Crippen molar-refractivity contribution in [2.45, 2.75) is 26.8 Å². The van der Waals surface area contributed by atoms with Gasteiger partial charge in [0.05, 0.1) is 5.52 Å². The molecule has 108 valence electrons. The van der Waals surface area contributed by atoms with E-state index in [1.165, 1.54) is 0 Å². The average molecular weight is 291 g/mol. The molecule has 0 radical (unpaired) electrons. The van der Waals surface area contributed by atoms with Gasteiger partial charge in [0.2, 0.25) is 5.91 Å². The number of thioether (sulfide) groups is 1. The first-order chi connectivity index (χ1) is 9.51. The Labute approximate surface area is 123 Å². The van der Waals surface area contributed by atoms with Crippen molar-refractivity contribution < 1.29 is 4.79 Å². The van der Waals surface area contributed by atoms with Crippen molar-refractivity contribution in [3.8, 4) is 0 Å². The summed E-state index contributed by atoms with van der Waals surface area (Å²) < 4.78 is 1.94. The van der Waals surface area contributed by atoms with E-state index in [2.05, 4.69) is 24.3 Å². The molecule has 0 bridgehead atoms. The van der Waals surface area contributed by atoms with Crippen LogP contribution < -0.4 is 5.32 Å². The minimum Gasteiger partial charge on any atom is -0.326 e. The molecule has 0 aliphatic rings. The molecule has 0 saturated heterocycles. The highest BCUT2D eigenvalue weighted by molar-refractivity contribution is 7.98. The van der Waals surface area contributed by atoms with E-state index in [9.17, 15) is 4.79 Å². The van der Waals surface area contributed by atoms with Crippen molar-refractivity contribution in [1.29, 1.82) is 0 Å². The van der Waals surface area contributed by atoms with Crippen LogP contribution in [-0.4, -0.2) is 27.7 Å². The molecular formula is C15H21N3OS. The second kappa shape index (κ2) is 6.31. The second-order valence-corrected chi connectivity index (χ2v) is 6.23. The molecule has 1 heterocycles. The summed E-state index contributed by atoms with van der Waals surface area (Å²) in [6.07, 6.45) is 4.02. The molecule has 1 aromatic carbocycles. The van der Waals surface area contributed by atoms with Crippen molar-refractivity contribution >= 4 is 34.3 Å². The number of fused-ring (bicyclic) bond motifs is 1. The SMILES string of the molecule is CSC[C@H](C)C(=O)Nc1ccc2nn(C(C)C)cc2c1. The normalized spacial score (nSPS) is 12.8. The number of hydrogen-bond donors (Lipinski definition) is 1. The maximum atomic E-state index is 12.0. The maximum absolute atomic E-state index is 12.0. The van der Waals surface area contributed by atoms with E-state index in [1.54, 1.807) is 11.8 Å². The van der Waals surface area contributed by atoms with Gasteiger partial charge in [0.15, 0.2) is 0 Å². The Morgan fingerprint density at radius 2 is 2.15 bits per heavy atom. The summed E-state index contributed by atoms with van der Waals surface area (Å²) in [5.74, 6) is 0.911. The van der Waals surface area contributed by atoms with E-state index in [1.807, 2.05) is 42.3 Å². The number of hydrogen-bond acceptors (Lipinski definition) is 3. The Morgan fingerprint density at radius 3 is 2.80 bits per heavy atom. The molecule has 5 heteroatoms. The molecule has 1 amide bonds. The first-order valence-corrected chi connectivity index (χ1v) is 8.19. The standard InChI is InChI=1S/C15H21N3OS/c1-10(2)18-8-12-7-13(5-6-14(12)17-18)16-15(19)11(3)9-20-4/h5-8,10-11H,9H2,1-4H3,(H,16,19)/t11-/m0/s1. The fraction of sp³-hybridized carbons (Fsp3) is 0.467. The number of anilines is 1. The maximum Gasteiger partial charge on any atom is 0.228 e. The lowest BCUT2D eigenvalue weighted by molar-refractivity contribution is -0.118.